The lowest BCUT2D eigenvalue weighted by Gasteiger charge is -2.27. The number of imide groups is 1. The molecule has 9 heteroatoms. The molecule has 0 unspecified atom stereocenters. The summed E-state index contributed by atoms with van der Waals surface area (Å²) < 4.78 is 7.05. The van der Waals surface area contributed by atoms with Crippen molar-refractivity contribution in [3.8, 4) is 0 Å². The molecule has 3 aliphatic rings. The van der Waals surface area contributed by atoms with Gasteiger partial charge in [0.05, 0.1) is 33.7 Å². The highest BCUT2D eigenvalue weighted by Crippen LogP contribution is 2.58. The summed E-state index contributed by atoms with van der Waals surface area (Å²) in [6.45, 7) is 0. The van der Waals surface area contributed by atoms with E-state index in [1.807, 2.05) is 0 Å². The molecule has 2 saturated heterocycles. The number of halogens is 3. The molecular weight excluding hydrogens is 557 g/mol. The van der Waals surface area contributed by atoms with E-state index >= 15 is 0 Å². The van der Waals surface area contributed by atoms with Gasteiger partial charge in [-0.05, 0) is 29.8 Å². The van der Waals surface area contributed by atoms with Gasteiger partial charge in [-0.1, -0.05) is 81.6 Å². The van der Waals surface area contributed by atoms with Gasteiger partial charge in [0, 0.05) is 15.6 Å². The molecule has 6 nitrogen and oxygen atoms in total. The van der Waals surface area contributed by atoms with Crippen LogP contribution in [0.15, 0.2) is 71.2 Å². The van der Waals surface area contributed by atoms with E-state index < -0.39 is 46.9 Å². The highest BCUT2D eigenvalue weighted by molar-refractivity contribution is 9.10. The van der Waals surface area contributed by atoms with E-state index in [0.717, 1.165) is 9.37 Å². The van der Waals surface area contributed by atoms with Gasteiger partial charge in [-0.15, -0.1) is 0 Å². The van der Waals surface area contributed by atoms with Gasteiger partial charge in [-0.3, -0.25) is 19.2 Å². The molecule has 1 spiro atoms. The zero-order valence-corrected chi connectivity index (χ0v) is 20.8. The van der Waals surface area contributed by atoms with E-state index in [9.17, 15) is 19.2 Å². The van der Waals surface area contributed by atoms with Crippen LogP contribution in [-0.4, -0.2) is 29.0 Å². The second-order valence-corrected chi connectivity index (χ2v) is 10.3. The fourth-order valence-electron chi connectivity index (χ4n) is 5.37. The Morgan fingerprint density at radius 3 is 2.06 bits per heavy atom. The van der Waals surface area contributed by atoms with Gasteiger partial charge >= 0.3 is 0 Å². The summed E-state index contributed by atoms with van der Waals surface area (Å²) in [6.07, 6.45) is -1.00. The third kappa shape index (κ3) is 2.93. The smallest absolute Gasteiger partial charge is 0.241 e. The van der Waals surface area contributed by atoms with Crippen LogP contribution in [0.2, 0.25) is 10.0 Å². The first-order valence-electron chi connectivity index (χ1n) is 10.7. The molecule has 35 heavy (non-hydrogen) atoms. The molecule has 0 saturated carbocycles. The molecule has 0 aromatic heterocycles. The van der Waals surface area contributed by atoms with Crippen molar-refractivity contribution >= 4 is 68.2 Å². The predicted molar refractivity (Wildman–Crippen MR) is 132 cm³/mol. The summed E-state index contributed by atoms with van der Waals surface area (Å²) in [5, 5.41) is 0.191. The fourth-order valence-corrected chi connectivity index (χ4v) is 6.02. The summed E-state index contributed by atoms with van der Waals surface area (Å²) in [4.78, 5) is 56.1. The Kier molecular flexibility index (Phi) is 5.06. The molecule has 6 rings (SSSR count). The van der Waals surface area contributed by atoms with Crippen LogP contribution in [-0.2, 0) is 14.3 Å². The number of carbonyl (C=O) groups is 4. The Morgan fingerprint density at radius 2 is 1.43 bits per heavy atom. The first-order valence-corrected chi connectivity index (χ1v) is 12.3. The van der Waals surface area contributed by atoms with E-state index in [-0.39, 0.29) is 26.9 Å². The summed E-state index contributed by atoms with van der Waals surface area (Å²) in [6, 6.07) is 17.9. The van der Waals surface area contributed by atoms with Crippen molar-refractivity contribution in [1.29, 1.82) is 0 Å². The number of amides is 2. The van der Waals surface area contributed by atoms with Crippen LogP contribution >= 0.6 is 39.1 Å². The third-order valence-corrected chi connectivity index (χ3v) is 8.23. The maximum Gasteiger partial charge on any atom is 0.241 e. The first-order chi connectivity index (χ1) is 16.8. The van der Waals surface area contributed by atoms with Gasteiger partial charge in [0.25, 0.3) is 0 Å². The van der Waals surface area contributed by atoms with Crippen LogP contribution in [0, 0.1) is 11.8 Å². The van der Waals surface area contributed by atoms with Crippen LogP contribution in [0.1, 0.15) is 32.4 Å². The molecule has 174 valence electrons. The number of nitrogens with zero attached hydrogens (tertiary/aromatic N) is 1. The number of ketones is 2. The Bertz CT molecular complexity index is 1440. The second-order valence-electron chi connectivity index (χ2n) is 8.62. The predicted octanol–water partition coefficient (Wildman–Crippen LogP) is 5.45. The van der Waals surface area contributed by atoms with Gasteiger partial charge in [0.1, 0.15) is 0 Å². The molecule has 2 heterocycles. The SMILES string of the molecule is O=C1[C@H]2[C@H](c3ccc(Br)cc3)OC3(C(=O)c4ccccc4C3=O)[C@H]2C(=O)N1c1cccc(Cl)c1Cl. The van der Waals surface area contributed by atoms with Crippen LogP contribution in [0.4, 0.5) is 5.69 Å². The Labute approximate surface area is 217 Å². The van der Waals surface area contributed by atoms with Crippen molar-refractivity contribution in [2.75, 3.05) is 4.90 Å². The highest BCUT2D eigenvalue weighted by Gasteiger charge is 2.74. The van der Waals surface area contributed by atoms with E-state index in [1.165, 1.54) is 24.3 Å². The van der Waals surface area contributed by atoms with E-state index in [1.54, 1.807) is 42.5 Å². The maximum absolute atomic E-state index is 13.9. The second kappa shape index (κ2) is 7.83. The van der Waals surface area contributed by atoms with Crippen LogP contribution in [0.3, 0.4) is 0 Å². The van der Waals surface area contributed by atoms with Gasteiger partial charge in [0.2, 0.25) is 29.0 Å². The Hall–Kier alpha value is -2.84. The normalized spacial score (nSPS) is 24.4. The van der Waals surface area contributed by atoms with Crippen molar-refractivity contribution < 1.29 is 23.9 Å². The first kappa shape index (κ1) is 22.6. The number of ether oxygens (including phenoxy) is 1. The summed E-state index contributed by atoms with van der Waals surface area (Å²) in [7, 11) is 0. The molecule has 2 aliphatic heterocycles. The van der Waals surface area contributed by atoms with Crippen molar-refractivity contribution in [3.63, 3.8) is 0 Å². The third-order valence-electron chi connectivity index (χ3n) is 6.89. The maximum atomic E-state index is 13.9. The molecule has 0 bridgehead atoms. The number of hydrogen-bond donors (Lipinski definition) is 0. The monoisotopic (exact) mass is 569 g/mol. The number of rotatable bonds is 2. The standard InChI is InChI=1S/C26H14BrCl2NO5/c27-13-10-8-12(9-11-13)21-18-19(25(34)30(24(18)33)17-7-3-6-16(28)20(17)29)26(35-21)22(31)14-4-1-2-5-15(14)23(26)32/h1-11,18-19,21H/t18-,19-,21+/m1/s1. The largest absolute Gasteiger partial charge is 0.349 e. The summed E-state index contributed by atoms with van der Waals surface area (Å²) in [5.74, 6) is -5.03. The number of fused-ring (bicyclic) bond motifs is 3. The fraction of sp³-hybridized carbons (Fsp3) is 0.154. The minimum absolute atomic E-state index is 0.0263. The Morgan fingerprint density at radius 1 is 0.800 bits per heavy atom. The Balaban J connectivity index is 1.56. The average molecular weight is 571 g/mol. The molecule has 3 atom stereocenters. The lowest BCUT2D eigenvalue weighted by molar-refractivity contribution is -0.127. The van der Waals surface area contributed by atoms with Crippen molar-refractivity contribution in [2.45, 2.75) is 11.7 Å². The molecule has 1 aliphatic carbocycles. The van der Waals surface area contributed by atoms with Crippen molar-refractivity contribution in [1.82, 2.24) is 0 Å². The molecular formula is C26H14BrCl2NO5. The molecule has 3 aromatic carbocycles. The minimum Gasteiger partial charge on any atom is -0.349 e. The zero-order valence-electron chi connectivity index (χ0n) is 17.7. The summed E-state index contributed by atoms with van der Waals surface area (Å²) in [5.41, 5.74) is -1.13. The van der Waals surface area contributed by atoms with Crippen LogP contribution in [0.25, 0.3) is 0 Å². The lowest BCUT2D eigenvalue weighted by atomic mass is 9.77. The van der Waals surface area contributed by atoms with Crippen molar-refractivity contribution in [3.05, 3.63) is 97.9 Å². The molecule has 2 fully saturated rings. The molecule has 0 N–H and O–H groups in total. The van der Waals surface area contributed by atoms with Crippen LogP contribution in [0.5, 0.6) is 0 Å². The van der Waals surface area contributed by atoms with Crippen LogP contribution < -0.4 is 4.90 Å². The lowest BCUT2D eigenvalue weighted by Crippen LogP contribution is -2.51. The number of hydrogen-bond acceptors (Lipinski definition) is 5. The van der Waals surface area contributed by atoms with Crippen molar-refractivity contribution in [2.24, 2.45) is 11.8 Å². The van der Waals surface area contributed by atoms with Gasteiger partial charge in [-0.2, -0.15) is 0 Å². The van der Waals surface area contributed by atoms with E-state index in [2.05, 4.69) is 15.9 Å². The number of carbonyl (C=O) groups excluding carboxylic acids is 4. The summed E-state index contributed by atoms with van der Waals surface area (Å²) >= 11 is 15.9. The van der Waals surface area contributed by atoms with Gasteiger partial charge in [-0.25, -0.2) is 4.90 Å². The number of Topliss-reactive ketones (excluding diaryl/α,β-unsaturated/α-hetero) is 2. The van der Waals surface area contributed by atoms with Gasteiger partial charge in [0.15, 0.2) is 0 Å². The van der Waals surface area contributed by atoms with E-state index in [0.29, 0.717) is 5.56 Å². The number of benzene rings is 3. The molecule has 3 aromatic rings. The topological polar surface area (TPSA) is 80.8 Å². The average Bonchev–Trinajstić information content (AvgIpc) is 3.42. The van der Waals surface area contributed by atoms with Gasteiger partial charge < -0.3 is 4.74 Å². The quantitative estimate of drug-likeness (QED) is 0.302. The highest BCUT2D eigenvalue weighted by atomic mass is 79.9. The molecule has 2 amide bonds. The molecule has 0 radical (unpaired) electrons. The zero-order chi connectivity index (χ0) is 24.6. The van der Waals surface area contributed by atoms with E-state index in [4.69, 9.17) is 27.9 Å². The number of anilines is 1. The minimum atomic E-state index is -2.14.